The molecule has 2 aliphatic rings. The average molecular weight is 482 g/mol. The summed E-state index contributed by atoms with van der Waals surface area (Å²) in [5.41, 5.74) is 1.23. The van der Waals surface area contributed by atoms with Gasteiger partial charge in [0.15, 0.2) is 0 Å². The van der Waals surface area contributed by atoms with Gasteiger partial charge in [-0.25, -0.2) is 23.1 Å². The molecule has 0 bridgehead atoms. The maximum absolute atomic E-state index is 13.5. The van der Waals surface area contributed by atoms with Crippen LogP contribution in [0.4, 0.5) is 0 Å². The summed E-state index contributed by atoms with van der Waals surface area (Å²) in [7, 11) is -2.65. The minimum Gasteiger partial charge on any atom is -0.481 e. The van der Waals surface area contributed by atoms with Crippen LogP contribution in [0.5, 0.6) is 11.8 Å². The fourth-order valence-corrected chi connectivity index (χ4v) is 5.51. The Bertz CT molecular complexity index is 1380. The first-order valence-electron chi connectivity index (χ1n) is 11.4. The number of amides is 1. The summed E-state index contributed by atoms with van der Waals surface area (Å²) < 4.78 is 40.0. The van der Waals surface area contributed by atoms with Crippen molar-refractivity contribution in [2.45, 2.75) is 61.9 Å². The predicted molar refractivity (Wildman–Crippen MR) is 127 cm³/mol. The number of sulfonamides is 1. The molecule has 5 rings (SSSR count). The molecule has 2 aromatic heterocycles. The van der Waals surface area contributed by atoms with E-state index < -0.39 is 21.3 Å². The van der Waals surface area contributed by atoms with E-state index in [1.807, 2.05) is 19.9 Å². The highest BCUT2D eigenvalue weighted by Crippen LogP contribution is 2.53. The lowest BCUT2D eigenvalue weighted by Crippen LogP contribution is -2.39. The van der Waals surface area contributed by atoms with Crippen LogP contribution < -0.4 is 14.2 Å². The van der Waals surface area contributed by atoms with E-state index >= 15 is 0 Å². The third-order valence-electron chi connectivity index (χ3n) is 6.36. The van der Waals surface area contributed by atoms with Crippen LogP contribution in [0.1, 0.15) is 56.6 Å². The molecular weight excluding hydrogens is 454 g/mol. The van der Waals surface area contributed by atoms with Gasteiger partial charge < -0.3 is 9.47 Å². The standard InChI is InChI=1S/C25H27N3O5S/c1-15(2)33-23-19(13-17(14-26-23)16-7-8-16)25(11-12-25)24(29)28-34(30,31)21-6-4-5-20-18(21)9-10-22(27-20)32-3/h4-6,9-10,13-16H,7-8,11-12H2,1-3H3,(H,28,29). The molecule has 0 aliphatic heterocycles. The molecule has 9 heteroatoms. The number of ether oxygens (including phenoxy) is 2. The van der Waals surface area contributed by atoms with Crippen LogP contribution in [-0.4, -0.2) is 37.5 Å². The summed E-state index contributed by atoms with van der Waals surface area (Å²) in [6, 6.07) is 9.97. The van der Waals surface area contributed by atoms with Crippen molar-refractivity contribution in [3.8, 4) is 11.8 Å². The molecular formula is C25H27N3O5S. The molecule has 3 aromatic rings. The monoisotopic (exact) mass is 481 g/mol. The van der Waals surface area contributed by atoms with E-state index in [0.717, 1.165) is 18.4 Å². The molecule has 0 radical (unpaired) electrons. The Morgan fingerprint density at radius 3 is 2.59 bits per heavy atom. The molecule has 2 aliphatic carbocycles. The number of nitrogens with zero attached hydrogens (tertiary/aromatic N) is 2. The van der Waals surface area contributed by atoms with Crippen molar-refractivity contribution in [3.63, 3.8) is 0 Å². The van der Waals surface area contributed by atoms with Crippen LogP contribution in [0.25, 0.3) is 10.9 Å². The van der Waals surface area contributed by atoms with Crippen LogP contribution in [-0.2, 0) is 20.2 Å². The third-order valence-corrected chi connectivity index (χ3v) is 7.75. The van der Waals surface area contributed by atoms with Crippen LogP contribution in [0.3, 0.4) is 0 Å². The summed E-state index contributed by atoms with van der Waals surface area (Å²) in [5.74, 6) is 0.658. The van der Waals surface area contributed by atoms with Crippen molar-refractivity contribution in [1.29, 1.82) is 0 Å². The van der Waals surface area contributed by atoms with Gasteiger partial charge in [-0.1, -0.05) is 6.07 Å². The maximum atomic E-state index is 13.5. The Morgan fingerprint density at radius 2 is 1.94 bits per heavy atom. The van der Waals surface area contributed by atoms with E-state index in [4.69, 9.17) is 9.47 Å². The maximum Gasteiger partial charge on any atom is 0.264 e. The Labute approximate surface area is 198 Å². The fourth-order valence-electron chi connectivity index (χ4n) is 4.24. The lowest BCUT2D eigenvalue weighted by Gasteiger charge is -2.21. The number of fused-ring (bicyclic) bond motifs is 1. The second-order valence-electron chi connectivity index (χ2n) is 9.26. The van der Waals surface area contributed by atoms with E-state index in [9.17, 15) is 13.2 Å². The number of carbonyl (C=O) groups excluding carboxylic acids is 1. The molecule has 8 nitrogen and oxygen atoms in total. The second-order valence-corrected chi connectivity index (χ2v) is 10.9. The van der Waals surface area contributed by atoms with Crippen molar-refractivity contribution in [2.75, 3.05) is 7.11 Å². The van der Waals surface area contributed by atoms with E-state index in [2.05, 4.69) is 14.7 Å². The highest BCUT2D eigenvalue weighted by Gasteiger charge is 2.55. The molecule has 0 saturated heterocycles. The smallest absolute Gasteiger partial charge is 0.264 e. The summed E-state index contributed by atoms with van der Waals surface area (Å²) >= 11 is 0. The first-order chi connectivity index (χ1) is 16.2. The van der Waals surface area contributed by atoms with Crippen LogP contribution in [0.2, 0.25) is 0 Å². The van der Waals surface area contributed by atoms with Gasteiger partial charge in [-0.15, -0.1) is 0 Å². The zero-order valence-electron chi connectivity index (χ0n) is 19.4. The Hall–Kier alpha value is -3.20. The summed E-state index contributed by atoms with van der Waals surface area (Å²) in [4.78, 5) is 22.3. The Balaban J connectivity index is 1.49. The van der Waals surface area contributed by atoms with Gasteiger partial charge in [0.2, 0.25) is 17.7 Å². The van der Waals surface area contributed by atoms with Crippen LogP contribution in [0, 0.1) is 0 Å². The van der Waals surface area contributed by atoms with Gasteiger partial charge in [0.1, 0.15) is 0 Å². The SMILES string of the molecule is COc1ccc2c(S(=O)(=O)NC(=O)C3(c4cc(C5CC5)cnc4OC(C)C)CC3)cccc2n1. The van der Waals surface area contributed by atoms with Gasteiger partial charge in [0.05, 0.1) is 29.0 Å². The van der Waals surface area contributed by atoms with E-state index in [1.165, 1.54) is 13.2 Å². The van der Waals surface area contributed by atoms with Gasteiger partial charge in [-0.3, -0.25) is 4.79 Å². The van der Waals surface area contributed by atoms with Crippen LogP contribution in [0.15, 0.2) is 47.5 Å². The number of carbonyl (C=O) groups is 1. The first-order valence-corrected chi connectivity index (χ1v) is 12.9. The number of aromatic nitrogens is 2. The Kier molecular flexibility index (Phi) is 5.47. The van der Waals surface area contributed by atoms with Crippen molar-refractivity contribution < 1.29 is 22.7 Å². The molecule has 0 unspecified atom stereocenters. The number of hydrogen-bond acceptors (Lipinski definition) is 7. The molecule has 1 aromatic carbocycles. The molecule has 2 fully saturated rings. The summed E-state index contributed by atoms with van der Waals surface area (Å²) in [6.45, 7) is 3.79. The topological polar surface area (TPSA) is 107 Å². The van der Waals surface area contributed by atoms with Gasteiger partial charge in [0.25, 0.3) is 10.0 Å². The highest BCUT2D eigenvalue weighted by atomic mass is 32.2. The average Bonchev–Trinajstić information content (AvgIpc) is 3.71. The highest BCUT2D eigenvalue weighted by molar-refractivity contribution is 7.90. The lowest BCUT2D eigenvalue weighted by molar-refractivity contribution is -0.121. The van der Waals surface area contributed by atoms with E-state index in [1.54, 1.807) is 30.5 Å². The van der Waals surface area contributed by atoms with Crippen molar-refractivity contribution >= 4 is 26.8 Å². The number of methoxy groups -OCH3 is 1. The van der Waals surface area contributed by atoms with Crippen molar-refractivity contribution in [2.24, 2.45) is 0 Å². The molecule has 1 amide bonds. The summed E-state index contributed by atoms with van der Waals surface area (Å²) in [5, 5.41) is 0.412. The lowest BCUT2D eigenvalue weighted by atomic mass is 9.94. The normalized spacial score (nSPS) is 16.9. The minimum absolute atomic E-state index is 0.00665. The quantitative estimate of drug-likeness (QED) is 0.521. The largest absolute Gasteiger partial charge is 0.481 e. The van der Waals surface area contributed by atoms with Crippen molar-refractivity contribution in [1.82, 2.24) is 14.7 Å². The second kappa shape index (κ2) is 8.23. The molecule has 2 heterocycles. The number of rotatable bonds is 8. The number of nitrogens with one attached hydrogen (secondary N) is 1. The number of hydrogen-bond donors (Lipinski definition) is 1. The number of benzene rings is 1. The molecule has 0 atom stereocenters. The first kappa shape index (κ1) is 22.6. The summed E-state index contributed by atoms with van der Waals surface area (Å²) in [6.07, 6.45) is 4.94. The molecule has 34 heavy (non-hydrogen) atoms. The minimum atomic E-state index is -4.15. The third kappa shape index (κ3) is 4.09. The zero-order chi connectivity index (χ0) is 24.1. The van der Waals surface area contributed by atoms with Crippen molar-refractivity contribution in [3.05, 3.63) is 53.7 Å². The van der Waals surface area contributed by atoms with Gasteiger partial charge >= 0.3 is 0 Å². The molecule has 0 spiro atoms. The molecule has 1 N–H and O–H groups in total. The van der Waals surface area contributed by atoms with E-state index in [0.29, 0.717) is 47.0 Å². The van der Waals surface area contributed by atoms with E-state index in [-0.39, 0.29) is 11.0 Å². The van der Waals surface area contributed by atoms with Gasteiger partial charge in [-0.2, -0.15) is 0 Å². The van der Waals surface area contributed by atoms with Crippen LogP contribution >= 0.6 is 0 Å². The van der Waals surface area contributed by atoms with Gasteiger partial charge in [-0.05, 0) is 75.3 Å². The number of pyridine rings is 2. The Morgan fingerprint density at radius 1 is 1.18 bits per heavy atom. The predicted octanol–water partition coefficient (Wildman–Crippen LogP) is 3.84. The molecule has 2 saturated carbocycles. The zero-order valence-corrected chi connectivity index (χ0v) is 20.2. The molecule has 178 valence electrons. The van der Waals surface area contributed by atoms with Gasteiger partial charge in [0, 0.05) is 23.2 Å². The fraction of sp³-hybridized carbons (Fsp3) is 0.400.